The Kier molecular flexibility index (Phi) is 12.0. The number of carbonyl (C=O) groups is 2. The molecule has 2 saturated heterocycles. The van der Waals surface area contributed by atoms with Crippen LogP contribution in [0.25, 0.3) is 0 Å². The molecule has 0 bridgehead atoms. The lowest BCUT2D eigenvalue weighted by molar-refractivity contribution is -0.141. The van der Waals surface area contributed by atoms with Gasteiger partial charge in [-0.2, -0.15) is 0 Å². The van der Waals surface area contributed by atoms with Gasteiger partial charge in [-0.3, -0.25) is 4.79 Å². The molecule has 0 aromatic heterocycles. The fraction of sp³-hybridized carbons (Fsp3) is 0.724. The Morgan fingerprint density at radius 2 is 1.89 bits per heavy atom. The van der Waals surface area contributed by atoms with Crippen molar-refractivity contribution >= 4 is 12.2 Å². The van der Waals surface area contributed by atoms with Crippen LogP contribution in [0, 0.1) is 11.8 Å². The lowest BCUT2D eigenvalue weighted by atomic mass is 9.83. The van der Waals surface area contributed by atoms with Crippen LogP contribution in [0.4, 0.5) is 0 Å². The molecule has 0 aromatic carbocycles. The van der Waals surface area contributed by atoms with Gasteiger partial charge in [-0.25, -0.2) is 0 Å². The van der Waals surface area contributed by atoms with Crippen LogP contribution < -0.4 is 5.32 Å². The van der Waals surface area contributed by atoms with Gasteiger partial charge >= 0.3 is 0 Å². The predicted octanol–water partition coefficient (Wildman–Crippen LogP) is 4.56. The predicted molar refractivity (Wildman–Crippen MR) is 142 cm³/mol. The maximum Gasteiger partial charge on any atom is 0.244 e. The van der Waals surface area contributed by atoms with E-state index in [2.05, 4.69) is 51.2 Å². The number of carbonyl (C=O) groups excluding carboxylic acids is 2. The van der Waals surface area contributed by atoms with Gasteiger partial charge in [0.1, 0.15) is 6.29 Å². The van der Waals surface area contributed by atoms with Gasteiger partial charge in [0.25, 0.3) is 0 Å². The first-order valence-corrected chi connectivity index (χ1v) is 13.2. The summed E-state index contributed by atoms with van der Waals surface area (Å²) in [6, 6.07) is -0.0266. The molecule has 0 spiro atoms. The van der Waals surface area contributed by atoms with E-state index in [0.29, 0.717) is 12.3 Å². The molecule has 1 N–H and O–H groups in total. The Bertz CT molecular complexity index is 808. The van der Waals surface area contributed by atoms with E-state index in [0.717, 1.165) is 31.1 Å². The highest BCUT2D eigenvalue weighted by Crippen LogP contribution is 2.34. The second kappa shape index (κ2) is 14.2. The molecule has 7 nitrogen and oxygen atoms in total. The molecular formula is C29H47NO6. The van der Waals surface area contributed by atoms with Crippen molar-refractivity contribution in [3.8, 4) is 0 Å². The number of amides is 1. The number of aldehydes is 1. The highest BCUT2D eigenvalue weighted by molar-refractivity contribution is 5.87. The minimum Gasteiger partial charge on any atom is -0.378 e. The minimum atomic E-state index is -0.295. The standard InChI is InChI=1S/C29H47NO6/c1-19(9-11-24-17-29(6,34-8)18-25(36-24)13-14-31)15-20(2)28-21(3)16-26(23(5)35-28)30-27(32)12-10-22(4)33-7/h9-12,14-15,20-26,28H,13,16-18H2,1-8H3,(H,30,32)/b11-9+,12-10-,19-15+/t20?,21?,22?,23?,24?,25-,26?,28?,29?/m1/s1. The summed E-state index contributed by atoms with van der Waals surface area (Å²) in [4.78, 5) is 23.3. The molecule has 36 heavy (non-hydrogen) atoms. The number of allylic oxidation sites excluding steroid dienone is 2. The monoisotopic (exact) mass is 505 g/mol. The van der Waals surface area contributed by atoms with E-state index in [1.807, 2.05) is 13.8 Å². The Labute approximate surface area is 217 Å². The molecule has 1 amide bonds. The third-order valence-electron chi connectivity index (χ3n) is 7.47. The minimum absolute atomic E-state index is 0.0266. The first-order valence-electron chi connectivity index (χ1n) is 13.2. The van der Waals surface area contributed by atoms with Gasteiger partial charge in [0, 0.05) is 45.5 Å². The van der Waals surface area contributed by atoms with Crippen molar-refractivity contribution in [3.05, 3.63) is 36.0 Å². The summed E-state index contributed by atoms with van der Waals surface area (Å²) >= 11 is 0. The molecule has 2 aliphatic rings. The summed E-state index contributed by atoms with van der Waals surface area (Å²) in [6.07, 6.45) is 13.0. The first-order chi connectivity index (χ1) is 17.0. The molecule has 8 unspecified atom stereocenters. The van der Waals surface area contributed by atoms with Crippen molar-refractivity contribution < 1.29 is 28.5 Å². The van der Waals surface area contributed by atoms with E-state index in [-0.39, 0.29) is 54.0 Å². The maximum atomic E-state index is 12.3. The number of rotatable bonds is 11. The smallest absolute Gasteiger partial charge is 0.244 e. The van der Waals surface area contributed by atoms with E-state index in [1.54, 1.807) is 20.3 Å². The van der Waals surface area contributed by atoms with Crippen LogP contribution in [0.3, 0.4) is 0 Å². The van der Waals surface area contributed by atoms with E-state index in [9.17, 15) is 9.59 Å². The fourth-order valence-electron chi connectivity index (χ4n) is 5.24. The highest BCUT2D eigenvalue weighted by Gasteiger charge is 2.38. The summed E-state index contributed by atoms with van der Waals surface area (Å²) in [5.74, 6) is 0.388. The van der Waals surface area contributed by atoms with Crippen LogP contribution in [-0.4, -0.2) is 68.6 Å². The summed E-state index contributed by atoms with van der Waals surface area (Å²) in [5, 5.41) is 3.08. The Morgan fingerprint density at radius 3 is 2.53 bits per heavy atom. The average Bonchev–Trinajstić information content (AvgIpc) is 2.83. The van der Waals surface area contributed by atoms with Gasteiger partial charge in [-0.05, 0) is 40.0 Å². The summed E-state index contributed by atoms with van der Waals surface area (Å²) in [7, 11) is 3.34. The van der Waals surface area contributed by atoms with E-state index < -0.39 is 0 Å². The molecule has 2 heterocycles. The zero-order valence-electron chi connectivity index (χ0n) is 23.4. The number of ether oxygens (including phenoxy) is 4. The van der Waals surface area contributed by atoms with Crippen molar-refractivity contribution in [2.24, 2.45) is 11.8 Å². The van der Waals surface area contributed by atoms with Crippen LogP contribution in [0.1, 0.15) is 67.2 Å². The van der Waals surface area contributed by atoms with Gasteiger partial charge < -0.3 is 29.1 Å². The molecule has 7 heteroatoms. The average molecular weight is 506 g/mol. The largest absolute Gasteiger partial charge is 0.378 e. The number of nitrogens with one attached hydrogen (secondary N) is 1. The summed E-state index contributed by atoms with van der Waals surface area (Å²) < 4.78 is 23.4. The van der Waals surface area contributed by atoms with Crippen LogP contribution in [0.2, 0.25) is 0 Å². The molecule has 2 rings (SSSR count). The molecule has 0 saturated carbocycles. The molecule has 204 valence electrons. The normalized spacial score (nSPS) is 35.6. The van der Waals surface area contributed by atoms with Crippen molar-refractivity contribution in [1.29, 1.82) is 0 Å². The van der Waals surface area contributed by atoms with Crippen molar-refractivity contribution in [2.75, 3.05) is 14.2 Å². The molecule has 0 aliphatic carbocycles. The zero-order valence-corrected chi connectivity index (χ0v) is 23.4. The van der Waals surface area contributed by atoms with Crippen LogP contribution in [0.15, 0.2) is 36.0 Å². The third kappa shape index (κ3) is 9.25. The van der Waals surface area contributed by atoms with Gasteiger partial charge in [0.05, 0.1) is 42.2 Å². The maximum absolute atomic E-state index is 12.3. The van der Waals surface area contributed by atoms with Gasteiger partial charge in [0.15, 0.2) is 0 Å². The number of methoxy groups -OCH3 is 2. The van der Waals surface area contributed by atoms with E-state index in [1.165, 1.54) is 6.08 Å². The Balaban J connectivity index is 1.96. The highest BCUT2D eigenvalue weighted by atomic mass is 16.5. The van der Waals surface area contributed by atoms with Crippen molar-refractivity contribution in [2.45, 2.75) is 109 Å². The summed E-state index contributed by atoms with van der Waals surface area (Å²) in [6.45, 7) is 12.4. The van der Waals surface area contributed by atoms with E-state index >= 15 is 0 Å². The number of hydrogen-bond acceptors (Lipinski definition) is 6. The molecule has 2 fully saturated rings. The zero-order chi connectivity index (χ0) is 26.9. The van der Waals surface area contributed by atoms with Crippen molar-refractivity contribution in [3.63, 3.8) is 0 Å². The lowest BCUT2D eigenvalue weighted by Gasteiger charge is -2.41. The molecule has 9 atom stereocenters. The molecular weight excluding hydrogens is 458 g/mol. The Hall–Kier alpha value is -1.80. The van der Waals surface area contributed by atoms with Gasteiger partial charge in [-0.15, -0.1) is 0 Å². The quantitative estimate of drug-likeness (QED) is 0.252. The van der Waals surface area contributed by atoms with Crippen LogP contribution in [-0.2, 0) is 28.5 Å². The third-order valence-corrected chi connectivity index (χ3v) is 7.47. The Morgan fingerprint density at radius 1 is 1.17 bits per heavy atom. The second-order valence-electron chi connectivity index (χ2n) is 10.8. The fourth-order valence-corrected chi connectivity index (χ4v) is 5.24. The molecule has 0 radical (unpaired) electrons. The lowest BCUT2D eigenvalue weighted by Crippen LogP contribution is -2.51. The molecule has 2 aliphatic heterocycles. The van der Waals surface area contributed by atoms with Crippen LogP contribution >= 0.6 is 0 Å². The van der Waals surface area contributed by atoms with Crippen LogP contribution in [0.5, 0.6) is 0 Å². The second-order valence-corrected chi connectivity index (χ2v) is 10.8. The molecule has 0 aromatic rings. The van der Waals surface area contributed by atoms with E-state index in [4.69, 9.17) is 18.9 Å². The van der Waals surface area contributed by atoms with Gasteiger partial charge in [-0.1, -0.05) is 43.7 Å². The van der Waals surface area contributed by atoms with Gasteiger partial charge in [0.2, 0.25) is 5.91 Å². The van der Waals surface area contributed by atoms with Crippen molar-refractivity contribution in [1.82, 2.24) is 5.32 Å². The topological polar surface area (TPSA) is 83.1 Å². The SMILES string of the molecule is COC(C)/C=C\C(=O)NC1CC(C)C(C(C)/C=C(C)/C=C/C2CC(C)(OC)C[C@@H](CC=O)O2)OC1C. The first kappa shape index (κ1) is 30.4. The number of hydrogen-bond donors (Lipinski definition) is 1. The summed E-state index contributed by atoms with van der Waals surface area (Å²) in [5.41, 5.74) is 0.843.